The van der Waals surface area contributed by atoms with Gasteiger partial charge in [0.2, 0.25) is 17.7 Å². The molecule has 3 rings (SSSR count). The SMILES string of the molecule is O=C(CCNC(=O)Cc1ccccc1)NCc1ccnc(OCc2ccccc2)c1. The van der Waals surface area contributed by atoms with Gasteiger partial charge < -0.3 is 15.4 Å². The van der Waals surface area contributed by atoms with Gasteiger partial charge >= 0.3 is 0 Å². The zero-order valence-corrected chi connectivity index (χ0v) is 16.7. The number of carbonyl (C=O) groups excluding carboxylic acids is 2. The fraction of sp³-hybridized carbons (Fsp3) is 0.208. The summed E-state index contributed by atoms with van der Waals surface area (Å²) in [5.74, 6) is 0.292. The highest BCUT2D eigenvalue weighted by Crippen LogP contribution is 2.11. The van der Waals surface area contributed by atoms with Gasteiger partial charge in [-0.05, 0) is 22.8 Å². The summed E-state index contributed by atoms with van der Waals surface area (Å²) < 4.78 is 5.71. The van der Waals surface area contributed by atoms with Crippen LogP contribution in [0.3, 0.4) is 0 Å². The predicted octanol–water partition coefficient (Wildman–Crippen LogP) is 3.03. The molecule has 0 aliphatic carbocycles. The van der Waals surface area contributed by atoms with Gasteiger partial charge in [0.1, 0.15) is 6.61 Å². The molecule has 0 aliphatic heterocycles. The van der Waals surface area contributed by atoms with Crippen molar-refractivity contribution in [3.63, 3.8) is 0 Å². The number of amides is 2. The first-order chi connectivity index (χ1) is 14.7. The molecule has 2 N–H and O–H groups in total. The van der Waals surface area contributed by atoms with E-state index in [9.17, 15) is 9.59 Å². The fourth-order valence-electron chi connectivity index (χ4n) is 2.82. The molecule has 0 radical (unpaired) electrons. The molecule has 1 heterocycles. The van der Waals surface area contributed by atoms with E-state index in [2.05, 4.69) is 15.6 Å². The van der Waals surface area contributed by atoms with Crippen molar-refractivity contribution in [3.8, 4) is 5.88 Å². The van der Waals surface area contributed by atoms with Crippen molar-refractivity contribution in [2.24, 2.45) is 0 Å². The van der Waals surface area contributed by atoms with Crippen LogP contribution >= 0.6 is 0 Å². The average molecular weight is 403 g/mol. The number of hydrogen-bond acceptors (Lipinski definition) is 4. The van der Waals surface area contributed by atoms with Crippen LogP contribution in [0.2, 0.25) is 0 Å². The standard InChI is InChI=1S/C24H25N3O3/c28-22(12-14-25-23(29)15-19-7-3-1-4-8-19)27-17-21-11-13-26-24(16-21)30-18-20-9-5-2-6-10-20/h1-11,13,16H,12,14-15,17-18H2,(H,25,29)(H,27,28). The van der Waals surface area contributed by atoms with Gasteiger partial charge in [0.05, 0.1) is 6.42 Å². The van der Waals surface area contributed by atoms with E-state index in [0.29, 0.717) is 32.0 Å². The molecule has 0 spiro atoms. The molecule has 0 saturated carbocycles. The van der Waals surface area contributed by atoms with E-state index in [1.807, 2.05) is 72.8 Å². The van der Waals surface area contributed by atoms with Gasteiger partial charge in [-0.3, -0.25) is 9.59 Å². The predicted molar refractivity (Wildman–Crippen MR) is 115 cm³/mol. The zero-order chi connectivity index (χ0) is 21.0. The second kappa shape index (κ2) is 11.4. The first kappa shape index (κ1) is 21.0. The Balaban J connectivity index is 1.35. The maximum Gasteiger partial charge on any atom is 0.224 e. The van der Waals surface area contributed by atoms with E-state index < -0.39 is 0 Å². The number of nitrogens with zero attached hydrogens (tertiary/aromatic N) is 1. The first-order valence-corrected chi connectivity index (χ1v) is 9.88. The van der Waals surface area contributed by atoms with E-state index in [1.54, 1.807) is 6.20 Å². The second-order valence-electron chi connectivity index (χ2n) is 6.82. The summed E-state index contributed by atoms with van der Waals surface area (Å²) in [5, 5.41) is 5.62. The van der Waals surface area contributed by atoms with Crippen LogP contribution in [0, 0.1) is 0 Å². The van der Waals surface area contributed by atoms with Gasteiger partial charge in [-0.2, -0.15) is 0 Å². The van der Waals surface area contributed by atoms with Crippen LogP contribution < -0.4 is 15.4 Å². The number of carbonyl (C=O) groups is 2. The molecule has 0 aliphatic rings. The first-order valence-electron chi connectivity index (χ1n) is 9.88. The number of rotatable bonds is 10. The molecule has 0 bridgehead atoms. The number of ether oxygens (including phenoxy) is 1. The van der Waals surface area contributed by atoms with Crippen molar-refractivity contribution in [3.05, 3.63) is 95.7 Å². The summed E-state index contributed by atoms with van der Waals surface area (Å²) in [7, 11) is 0. The summed E-state index contributed by atoms with van der Waals surface area (Å²) in [6.45, 7) is 1.12. The molecule has 30 heavy (non-hydrogen) atoms. The topological polar surface area (TPSA) is 80.3 Å². The normalized spacial score (nSPS) is 10.3. The third-order valence-corrected chi connectivity index (χ3v) is 4.40. The smallest absolute Gasteiger partial charge is 0.224 e. The monoisotopic (exact) mass is 403 g/mol. The Labute approximate surface area is 176 Å². The summed E-state index contributed by atoms with van der Waals surface area (Å²) >= 11 is 0. The van der Waals surface area contributed by atoms with Crippen molar-refractivity contribution in [2.45, 2.75) is 26.0 Å². The molecule has 154 valence electrons. The largest absolute Gasteiger partial charge is 0.473 e. The molecule has 6 nitrogen and oxygen atoms in total. The molecule has 2 amide bonds. The number of benzene rings is 2. The third-order valence-electron chi connectivity index (χ3n) is 4.40. The molecule has 6 heteroatoms. The molecule has 0 atom stereocenters. The molecule has 0 fully saturated rings. The highest BCUT2D eigenvalue weighted by atomic mass is 16.5. The Hall–Kier alpha value is -3.67. The molecule has 0 saturated heterocycles. The minimum Gasteiger partial charge on any atom is -0.473 e. The van der Waals surface area contributed by atoms with Crippen molar-refractivity contribution < 1.29 is 14.3 Å². The lowest BCUT2D eigenvalue weighted by molar-refractivity contribution is -0.122. The Morgan fingerprint density at radius 3 is 2.23 bits per heavy atom. The van der Waals surface area contributed by atoms with Crippen molar-refractivity contribution in [1.29, 1.82) is 0 Å². The summed E-state index contributed by atoms with van der Waals surface area (Å²) in [6, 6.07) is 23.0. The summed E-state index contributed by atoms with van der Waals surface area (Å²) in [6.07, 6.45) is 2.19. The van der Waals surface area contributed by atoms with Crippen LogP contribution in [0.5, 0.6) is 5.88 Å². The fourth-order valence-corrected chi connectivity index (χ4v) is 2.82. The Bertz CT molecular complexity index is 946. The van der Waals surface area contributed by atoms with Gasteiger partial charge in [-0.1, -0.05) is 60.7 Å². The Kier molecular flexibility index (Phi) is 7.97. The average Bonchev–Trinajstić information content (AvgIpc) is 2.78. The Morgan fingerprint density at radius 1 is 0.800 bits per heavy atom. The van der Waals surface area contributed by atoms with Gasteiger partial charge in [0.25, 0.3) is 0 Å². The highest BCUT2D eigenvalue weighted by molar-refractivity contribution is 5.80. The Morgan fingerprint density at radius 2 is 1.50 bits per heavy atom. The molecule has 0 unspecified atom stereocenters. The van der Waals surface area contributed by atoms with E-state index in [4.69, 9.17) is 4.74 Å². The number of pyridine rings is 1. The van der Waals surface area contributed by atoms with E-state index >= 15 is 0 Å². The minimum atomic E-state index is -0.126. The van der Waals surface area contributed by atoms with Gasteiger partial charge in [-0.25, -0.2) is 4.98 Å². The van der Waals surface area contributed by atoms with E-state index in [0.717, 1.165) is 16.7 Å². The van der Waals surface area contributed by atoms with Crippen molar-refractivity contribution in [2.75, 3.05) is 6.54 Å². The summed E-state index contributed by atoms with van der Waals surface area (Å²) in [5.41, 5.74) is 2.91. The van der Waals surface area contributed by atoms with E-state index in [-0.39, 0.29) is 18.2 Å². The minimum absolute atomic E-state index is 0.0941. The maximum absolute atomic E-state index is 12.0. The number of hydrogen-bond donors (Lipinski definition) is 2. The van der Waals surface area contributed by atoms with Gasteiger partial charge in [-0.15, -0.1) is 0 Å². The van der Waals surface area contributed by atoms with Gasteiger partial charge in [0, 0.05) is 31.8 Å². The molecule has 2 aromatic carbocycles. The van der Waals surface area contributed by atoms with Crippen molar-refractivity contribution >= 4 is 11.8 Å². The molecular weight excluding hydrogens is 378 g/mol. The van der Waals surface area contributed by atoms with E-state index in [1.165, 1.54) is 0 Å². The second-order valence-corrected chi connectivity index (χ2v) is 6.82. The number of aromatic nitrogens is 1. The highest BCUT2D eigenvalue weighted by Gasteiger charge is 2.06. The molecule has 3 aromatic rings. The zero-order valence-electron chi connectivity index (χ0n) is 16.7. The quantitative estimate of drug-likeness (QED) is 0.545. The lowest BCUT2D eigenvalue weighted by Crippen LogP contribution is -2.31. The van der Waals surface area contributed by atoms with Crippen LogP contribution in [0.4, 0.5) is 0 Å². The van der Waals surface area contributed by atoms with Crippen LogP contribution in [-0.2, 0) is 29.2 Å². The number of nitrogens with one attached hydrogen (secondary N) is 2. The van der Waals surface area contributed by atoms with Crippen LogP contribution in [0.1, 0.15) is 23.1 Å². The summed E-state index contributed by atoms with van der Waals surface area (Å²) in [4.78, 5) is 28.2. The molecular formula is C24H25N3O3. The van der Waals surface area contributed by atoms with Crippen LogP contribution in [-0.4, -0.2) is 23.3 Å². The lowest BCUT2D eigenvalue weighted by atomic mass is 10.1. The van der Waals surface area contributed by atoms with Gasteiger partial charge in [0.15, 0.2) is 0 Å². The van der Waals surface area contributed by atoms with Crippen LogP contribution in [0.15, 0.2) is 79.0 Å². The third kappa shape index (κ3) is 7.39. The maximum atomic E-state index is 12.0. The van der Waals surface area contributed by atoms with Crippen molar-refractivity contribution in [1.82, 2.24) is 15.6 Å². The molecule has 1 aromatic heterocycles. The van der Waals surface area contributed by atoms with Crippen LogP contribution in [0.25, 0.3) is 0 Å². The lowest BCUT2D eigenvalue weighted by Gasteiger charge is -2.09.